The zero-order valence-electron chi connectivity index (χ0n) is 9.54. The molecule has 1 aliphatic rings. The topological polar surface area (TPSA) is 29.5 Å². The molecule has 1 saturated heterocycles. The van der Waals surface area contributed by atoms with Gasteiger partial charge in [-0.05, 0) is 31.1 Å². The number of aliphatic hydroxyl groups excluding tert-OH is 1. The second-order valence-electron chi connectivity index (χ2n) is 4.80. The molecule has 84 valence electrons. The Bertz CT molecular complexity index is 139. The summed E-state index contributed by atoms with van der Waals surface area (Å²) in [6, 6.07) is 0. The van der Waals surface area contributed by atoms with E-state index in [1.807, 2.05) is 0 Å². The van der Waals surface area contributed by atoms with E-state index in [9.17, 15) is 5.11 Å². The highest BCUT2D eigenvalue weighted by Gasteiger charge is 2.15. The highest BCUT2D eigenvalue weighted by atomic mass is 16.5. The van der Waals surface area contributed by atoms with E-state index in [2.05, 4.69) is 13.8 Å². The zero-order valence-corrected chi connectivity index (χ0v) is 9.54. The van der Waals surface area contributed by atoms with Crippen molar-refractivity contribution in [3.05, 3.63) is 0 Å². The van der Waals surface area contributed by atoms with Crippen molar-refractivity contribution in [2.45, 2.75) is 52.1 Å². The molecule has 0 amide bonds. The van der Waals surface area contributed by atoms with Gasteiger partial charge in [0.25, 0.3) is 0 Å². The molecule has 0 aromatic heterocycles. The van der Waals surface area contributed by atoms with Crippen LogP contribution in [0.15, 0.2) is 0 Å². The van der Waals surface area contributed by atoms with Gasteiger partial charge in [-0.25, -0.2) is 0 Å². The molecule has 0 aliphatic carbocycles. The Morgan fingerprint density at radius 3 is 2.50 bits per heavy atom. The molecule has 2 heteroatoms. The minimum absolute atomic E-state index is 0.102. The number of hydrogen-bond acceptors (Lipinski definition) is 2. The lowest BCUT2D eigenvalue weighted by atomic mass is 9.92. The fourth-order valence-electron chi connectivity index (χ4n) is 1.98. The molecule has 1 aliphatic heterocycles. The lowest BCUT2D eigenvalue weighted by Gasteiger charge is -2.22. The molecule has 0 saturated carbocycles. The quantitative estimate of drug-likeness (QED) is 0.739. The number of hydrogen-bond donors (Lipinski definition) is 1. The first-order chi connectivity index (χ1) is 6.70. The van der Waals surface area contributed by atoms with E-state index in [4.69, 9.17) is 4.74 Å². The van der Waals surface area contributed by atoms with Crippen molar-refractivity contribution in [2.75, 3.05) is 13.2 Å². The van der Waals surface area contributed by atoms with Crippen LogP contribution in [0.2, 0.25) is 0 Å². The summed E-state index contributed by atoms with van der Waals surface area (Å²) in [5.41, 5.74) is 0. The molecule has 1 rings (SSSR count). The van der Waals surface area contributed by atoms with E-state index in [0.29, 0.717) is 5.92 Å². The monoisotopic (exact) mass is 200 g/mol. The predicted molar refractivity (Wildman–Crippen MR) is 58.2 cm³/mol. The van der Waals surface area contributed by atoms with E-state index >= 15 is 0 Å². The van der Waals surface area contributed by atoms with Crippen LogP contribution in [0.5, 0.6) is 0 Å². The maximum atomic E-state index is 9.63. The predicted octanol–water partition coefficient (Wildman–Crippen LogP) is 2.60. The highest BCUT2D eigenvalue weighted by molar-refractivity contribution is 4.66. The van der Waals surface area contributed by atoms with E-state index in [1.165, 1.54) is 25.7 Å². The summed E-state index contributed by atoms with van der Waals surface area (Å²) >= 11 is 0. The SMILES string of the molecule is CC(C)C(O)CCCC1CCOCC1. The molecule has 1 fully saturated rings. The van der Waals surface area contributed by atoms with Crippen LogP contribution < -0.4 is 0 Å². The van der Waals surface area contributed by atoms with Gasteiger partial charge in [0, 0.05) is 13.2 Å². The van der Waals surface area contributed by atoms with Crippen molar-refractivity contribution < 1.29 is 9.84 Å². The number of ether oxygens (including phenoxy) is 1. The molecule has 0 aromatic carbocycles. The lowest BCUT2D eigenvalue weighted by molar-refractivity contribution is 0.0596. The number of aliphatic hydroxyl groups is 1. The molecule has 0 aromatic rings. The first-order valence-corrected chi connectivity index (χ1v) is 5.96. The van der Waals surface area contributed by atoms with Gasteiger partial charge in [0.1, 0.15) is 0 Å². The lowest BCUT2D eigenvalue weighted by Crippen LogP contribution is -2.18. The second kappa shape index (κ2) is 6.41. The Morgan fingerprint density at radius 2 is 1.93 bits per heavy atom. The normalized spacial score (nSPS) is 21.4. The molecule has 1 N–H and O–H groups in total. The number of rotatable bonds is 5. The maximum absolute atomic E-state index is 9.63. The van der Waals surface area contributed by atoms with Crippen LogP contribution in [0, 0.1) is 11.8 Å². The molecule has 2 nitrogen and oxygen atoms in total. The minimum Gasteiger partial charge on any atom is -0.393 e. The Hall–Kier alpha value is -0.0800. The third kappa shape index (κ3) is 4.43. The van der Waals surface area contributed by atoms with Gasteiger partial charge in [-0.15, -0.1) is 0 Å². The van der Waals surface area contributed by atoms with Gasteiger partial charge in [-0.3, -0.25) is 0 Å². The van der Waals surface area contributed by atoms with Crippen LogP contribution in [-0.2, 0) is 4.74 Å². The summed E-state index contributed by atoms with van der Waals surface area (Å²) in [6.07, 6.45) is 5.75. The van der Waals surface area contributed by atoms with Crippen molar-refractivity contribution in [1.82, 2.24) is 0 Å². The van der Waals surface area contributed by atoms with Gasteiger partial charge in [-0.2, -0.15) is 0 Å². The molecule has 1 heterocycles. The van der Waals surface area contributed by atoms with Crippen LogP contribution in [-0.4, -0.2) is 24.4 Å². The van der Waals surface area contributed by atoms with Crippen LogP contribution in [0.3, 0.4) is 0 Å². The second-order valence-corrected chi connectivity index (χ2v) is 4.80. The summed E-state index contributed by atoms with van der Waals surface area (Å²) in [4.78, 5) is 0. The molecule has 0 bridgehead atoms. The minimum atomic E-state index is -0.102. The maximum Gasteiger partial charge on any atom is 0.0563 e. The van der Waals surface area contributed by atoms with E-state index < -0.39 is 0 Å². The van der Waals surface area contributed by atoms with Crippen molar-refractivity contribution in [3.8, 4) is 0 Å². The van der Waals surface area contributed by atoms with Crippen LogP contribution >= 0.6 is 0 Å². The summed E-state index contributed by atoms with van der Waals surface area (Å²) in [7, 11) is 0. The van der Waals surface area contributed by atoms with Crippen molar-refractivity contribution >= 4 is 0 Å². The Kier molecular flexibility index (Phi) is 5.49. The highest BCUT2D eigenvalue weighted by Crippen LogP contribution is 2.22. The van der Waals surface area contributed by atoms with Crippen LogP contribution in [0.1, 0.15) is 46.0 Å². The molecular weight excluding hydrogens is 176 g/mol. The largest absolute Gasteiger partial charge is 0.393 e. The van der Waals surface area contributed by atoms with Gasteiger partial charge in [-0.1, -0.05) is 26.7 Å². The Balaban J connectivity index is 2.02. The average Bonchev–Trinajstić information content (AvgIpc) is 2.19. The fourth-order valence-corrected chi connectivity index (χ4v) is 1.98. The summed E-state index contributed by atoms with van der Waals surface area (Å²) in [5.74, 6) is 1.26. The first kappa shape index (κ1) is 12.0. The molecule has 1 atom stereocenters. The summed E-state index contributed by atoms with van der Waals surface area (Å²) in [6.45, 7) is 6.05. The van der Waals surface area contributed by atoms with Crippen molar-refractivity contribution in [3.63, 3.8) is 0 Å². The molecular formula is C12H24O2. The standard InChI is InChI=1S/C12H24O2/c1-10(2)12(13)5-3-4-11-6-8-14-9-7-11/h10-13H,3-9H2,1-2H3. The van der Waals surface area contributed by atoms with Gasteiger partial charge < -0.3 is 9.84 Å². The van der Waals surface area contributed by atoms with Gasteiger partial charge in [0.15, 0.2) is 0 Å². The third-order valence-corrected chi connectivity index (χ3v) is 3.22. The van der Waals surface area contributed by atoms with Crippen molar-refractivity contribution in [2.24, 2.45) is 11.8 Å². The van der Waals surface area contributed by atoms with Gasteiger partial charge in [0.2, 0.25) is 0 Å². The Morgan fingerprint density at radius 1 is 1.29 bits per heavy atom. The average molecular weight is 200 g/mol. The van der Waals surface area contributed by atoms with Crippen molar-refractivity contribution in [1.29, 1.82) is 0 Å². The van der Waals surface area contributed by atoms with E-state index in [0.717, 1.165) is 25.6 Å². The molecule has 0 spiro atoms. The van der Waals surface area contributed by atoms with Gasteiger partial charge >= 0.3 is 0 Å². The zero-order chi connectivity index (χ0) is 10.4. The Labute approximate surface area is 87.7 Å². The van der Waals surface area contributed by atoms with E-state index in [-0.39, 0.29) is 6.10 Å². The van der Waals surface area contributed by atoms with E-state index in [1.54, 1.807) is 0 Å². The summed E-state index contributed by atoms with van der Waals surface area (Å²) in [5, 5.41) is 9.63. The molecule has 14 heavy (non-hydrogen) atoms. The van der Waals surface area contributed by atoms with Crippen LogP contribution in [0.4, 0.5) is 0 Å². The molecule has 1 unspecified atom stereocenters. The third-order valence-electron chi connectivity index (χ3n) is 3.22. The molecule has 0 radical (unpaired) electrons. The summed E-state index contributed by atoms with van der Waals surface area (Å²) < 4.78 is 5.32. The fraction of sp³-hybridized carbons (Fsp3) is 1.00. The smallest absolute Gasteiger partial charge is 0.0563 e. The van der Waals surface area contributed by atoms with Crippen LogP contribution in [0.25, 0.3) is 0 Å². The van der Waals surface area contributed by atoms with Gasteiger partial charge in [0.05, 0.1) is 6.10 Å². The first-order valence-electron chi connectivity index (χ1n) is 5.96.